The summed E-state index contributed by atoms with van der Waals surface area (Å²) in [6, 6.07) is 7.15. The van der Waals surface area contributed by atoms with Gasteiger partial charge in [0.25, 0.3) is 5.91 Å². The van der Waals surface area contributed by atoms with Crippen LogP contribution in [0.4, 0.5) is 18.9 Å². The Hall–Kier alpha value is -3.03. The SMILES string of the molecule is CC(=O)c1cc2c(cc1NC(=O)c1ccccc1C(F)(F)F)OCO2. The number of anilines is 1. The minimum absolute atomic E-state index is 0.0407. The summed E-state index contributed by atoms with van der Waals surface area (Å²) in [7, 11) is 0. The van der Waals surface area contributed by atoms with E-state index in [1.54, 1.807) is 0 Å². The largest absolute Gasteiger partial charge is 0.454 e. The third-order valence-corrected chi connectivity index (χ3v) is 3.62. The Morgan fingerprint density at radius 2 is 1.68 bits per heavy atom. The summed E-state index contributed by atoms with van der Waals surface area (Å²) in [6.45, 7) is 1.23. The van der Waals surface area contributed by atoms with Gasteiger partial charge in [0.15, 0.2) is 17.3 Å². The number of alkyl halides is 3. The van der Waals surface area contributed by atoms with Crippen molar-refractivity contribution in [1.29, 1.82) is 0 Å². The number of halogens is 3. The van der Waals surface area contributed by atoms with Gasteiger partial charge in [-0.1, -0.05) is 12.1 Å². The van der Waals surface area contributed by atoms with Crippen molar-refractivity contribution in [3.05, 3.63) is 53.1 Å². The number of nitrogens with one attached hydrogen (secondary N) is 1. The predicted molar refractivity (Wildman–Crippen MR) is 82.0 cm³/mol. The molecular weight excluding hydrogens is 339 g/mol. The van der Waals surface area contributed by atoms with Gasteiger partial charge in [-0.05, 0) is 25.1 Å². The first-order chi connectivity index (χ1) is 11.8. The van der Waals surface area contributed by atoms with E-state index in [0.717, 1.165) is 12.1 Å². The molecule has 1 aliphatic rings. The maximum absolute atomic E-state index is 13.1. The van der Waals surface area contributed by atoms with Crippen LogP contribution in [-0.4, -0.2) is 18.5 Å². The van der Waals surface area contributed by atoms with Crippen LogP contribution in [0, 0.1) is 0 Å². The van der Waals surface area contributed by atoms with Crippen LogP contribution in [0.3, 0.4) is 0 Å². The molecule has 2 aromatic carbocycles. The van der Waals surface area contributed by atoms with Crippen molar-refractivity contribution in [3.8, 4) is 11.5 Å². The van der Waals surface area contributed by atoms with Gasteiger partial charge in [0.2, 0.25) is 6.79 Å². The minimum atomic E-state index is -4.67. The molecule has 130 valence electrons. The molecule has 0 radical (unpaired) electrons. The van der Waals surface area contributed by atoms with E-state index in [1.165, 1.54) is 31.2 Å². The number of hydrogen-bond acceptors (Lipinski definition) is 4. The number of ketones is 1. The second-order valence-corrected chi connectivity index (χ2v) is 5.30. The lowest BCUT2D eigenvalue weighted by molar-refractivity contribution is -0.137. The molecule has 1 aliphatic heterocycles. The number of carbonyl (C=O) groups is 2. The number of carbonyl (C=O) groups excluding carboxylic acids is 2. The highest BCUT2D eigenvalue weighted by molar-refractivity contribution is 6.10. The van der Waals surface area contributed by atoms with Crippen molar-refractivity contribution in [1.82, 2.24) is 0 Å². The Labute approximate surface area is 140 Å². The standard InChI is InChI=1S/C17H12F3NO4/c1-9(22)11-6-14-15(25-8-24-14)7-13(11)21-16(23)10-4-2-3-5-12(10)17(18,19)20/h2-7H,8H2,1H3,(H,21,23). The van der Waals surface area contributed by atoms with Crippen molar-refractivity contribution in [3.63, 3.8) is 0 Å². The summed E-state index contributed by atoms with van der Waals surface area (Å²) in [5.41, 5.74) is -1.43. The summed E-state index contributed by atoms with van der Waals surface area (Å²) in [6.07, 6.45) is -4.67. The highest BCUT2D eigenvalue weighted by atomic mass is 19.4. The first-order valence-electron chi connectivity index (χ1n) is 7.19. The molecule has 1 heterocycles. The molecule has 0 aliphatic carbocycles. The lowest BCUT2D eigenvalue weighted by atomic mass is 10.0. The Balaban J connectivity index is 1.99. The molecule has 0 saturated carbocycles. The Kier molecular flexibility index (Phi) is 4.12. The van der Waals surface area contributed by atoms with Crippen molar-refractivity contribution in [2.75, 3.05) is 12.1 Å². The highest BCUT2D eigenvalue weighted by Gasteiger charge is 2.35. The Bertz CT molecular complexity index is 861. The van der Waals surface area contributed by atoms with Crippen LogP contribution in [0.2, 0.25) is 0 Å². The van der Waals surface area contributed by atoms with Crippen LogP contribution in [0.1, 0.15) is 33.2 Å². The van der Waals surface area contributed by atoms with Crippen LogP contribution in [0.25, 0.3) is 0 Å². The Morgan fingerprint density at radius 1 is 1.04 bits per heavy atom. The number of hydrogen-bond donors (Lipinski definition) is 1. The molecule has 0 unspecified atom stereocenters. The van der Waals surface area contributed by atoms with Crippen LogP contribution in [-0.2, 0) is 6.18 Å². The van der Waals surface area contributed by atoms with E-state index in [1.807, 2.05) is 0 Å². The molecule has 0 spiro atoms. The molecule has 8 heteroatoms. The van der Waals surface area contributed by atoms with Crippen LogP contribution < -0.4 is 14.8 Å². The third kappa shape index (κ3) is 3.28. The number of amides is 1. The number of benzene rings is 2. The quantitative estimate of drug-likeness (QED) is 0.852. The van der Waals surface area contributed by atoms with Gasteiger partial charge in [-0.3, -0.25) is 9.59 Å². The first-order valence-corrected chi connectivity index (χ1v) is 7.19. The van der Waals surface area contributed by atoms with Gasteiger partial charge in [0, 0.05) is 11.6 Å². The average molecular weight is 351 g/mol. The van der Waals surface area contributed by atoms with Gasteiger partial charge in [0.05, 0.1) is 16.8 Å². The predicted octanol–water partition coefficient (Wildman–Crippen LogP) is 3.89. The van der Waals surface area contributed by atoms with Gasteiger partial charge >= 0.3 is 6.18 Å². The summed E-state index contributed by atoms with van der Waals surface area (Å²) in [4.78, 5) is 24.1. The molecule has 1 amide bonds. The molecule has 3 rings (SSSR count). The van der Waals surface area contributed by atoms with E-state index in [9.17, 15) is 22.8 Å². The van der Waals surface area contributed by atoms with E-state index in [0.29, 0.717) is 11.5 Å². The third-order valence-electron chi connectivity index (χ3n) is 3.62. The fourth-order valence-electron chi connectivity index (χ4n) is 2.45. The van der Waals surface area contributed by atoms with Crippen LogP contribution >= 0.6 is 0 Å². The number of rotatable bonds is 3. The Morgan fingerprint density at radius 3 is 2.32 bits per heavy atom. The fourth-order valence-corrected chi connectivity index (χ4v) is 2.45. The number of ether oxygens (including phenoxy) is 2. The number of fused-ring (bicyclic) bond motifs is 1. The molecule has 25 heavy (non-hydrogen) atoms. The molecule has 0 atom stereocenters. The zero-order chi connectivity index (χ0) is 18.2. The van der Waals surface area contributed by atoms with Crippen molar-refractivity contribution in [2.45, 2.75) is 13.1 Å². The van der Waals surface area contributed by atoms with Crippen molar-refractivity contribution in [2.24, 2.45) is 0 Å². The molecular formula is C17H12F3NO4. The average Bonchev–Trinajstić information content (AvgIpc) is 3.00. The van der Waals surface area contributed by atoms with Gasteiger partial charge in [-0.25, -0.2) is 0 Å². The maximum atomic E-state index is 13.1. The summed E-state index contributed by atoms with van der Waals surface area (Å²) in [5.74, 6) is -0.727. The summed E-state index contributed by atoms with van der Waals surface area (Å²) < 4.78 is 49.5. The van der Waals surface area contributed by atoms with E-state index in [-0.39, 0.29) is 23.8 Å². The second-order valence-electron chi connectivity index (χ2n) is 5.30. The van der Waals surface area contributed by atoms with E-state index in [4.69, 9.17) is 9.47 Å². The van der Waals surface area contributed by atoms with Gasteiger partial charge in [-0.2, -0.15) is 13.2 Å². The molecule has 0 saturated heterocycles. The van der Waals surface area contributed by atoms with Crippen molar-refractivity contribution < 1.29 is 32.2 Å². The molecule has 0 aromatic heterocycles. The maximum Gasteiger partial charge on any atom is 0.417 e. The zero-order valence-corrected chi connectivity index (χ0v) is 12.9. The van der Waals surface area contributed by atoms with Crippen LogP contribution in [0.5, 0.6) is 11.5 Å². The van der Waals surface area contributed by atoms with E-state index >= 15 is 0 Å². The normalized spacial score (nSPS) is 12.8. The van der Waals surface area contributed by atoms with Crippen molar-refractivity contribution >= 4 is 17.4 Å². The summed E-state index contributed by atoms with van der Waals surface area (Å²) in [5, 5.41) is 2.36. The zero-order valence-electron chi connectivity index (χ0n) is 12.9. The lowest BCUT2D eigenvalue weighted by Crippen LogP contribution is -2.19. The topological polar surface area (TPSA) is 64.6 Å². The molecule has 0 bridgehead atoms. The number of Topliss-reactive ketones (excluding diaryl/α,β-unsaturated/α-hetero) is 1. The summed E-state index contributed by atoms with van der Waals surface area (Å²) >= 11 is 0. The molecule has 2 aromatic rings. The minimum Gasteiger partial charge on any atom is -0.454 e. The molecule has 1 N–H and O–H groups in total. The van der Waals surface area contributed by atoms with Gasteiger partial charge in [0.1, 0.15) is 0 Å². The monoisotopic (exact) mass is 351 g/mol. The molecule has 5 nitrogen and oxygen atoms in total. The smallest absolute Gasteiger partial charge is 0.417 e. The van der Waals surface area contributed by atoms with E-state index < -0.39 is 23.2 Å². The second kappa shape index (κ2) is 6.12. The van der Waals surface area contributed by atoms with E-state index in [2.05, 4.69) is 5.32 Å². The fraction of sp³-hybridized carbons (Fsp3) is 0.176. The lowest BCUT2D eigenvalue weighted by Gasteiger charge is -2.14. The first kappa shape index (κ1) is 16.8. The van der Waals surface area contributed by atoms with Gasteiger partial charge < -0.3 is 14.8 Å². The van der Waals surface area contributed by atoms with Gasteiger partial charge in [-0.15, -0.1) is 0 Å². The molecule has 0 fully saturated rings. The highest BCUT2D eigenvalue weighted by Crippen LogP contribution is 2.38. The van der Waals surface area contributed by atoms with Crippen LogP contribution in [0.15, 0.2) is 36.4 Å².